The molecule has 7 heteroatoms. The van der Waals surface area contributed by atoms with E-state index in [-0.39, 0.29) is 23.6 Å². The van der Waals surface area contributed by atoms with Crippen LogP contribution in [0.3, 0.4) is 0 Å². The van der Waals surface area contributed by atoms with Crippen LogP contribution in [0.1, 0.15) is 43.8 Å². The van der Waals surface area contributed by atoms with Gasteiger partial charge in [0.2, 0.25) is 5.91 Å². The molecular formula is C21H24N4O3. The number of rotatable bonds is 6. The summed E-state index contributed by atoms with van der Waals surface area (Å²) in [5.41, 5.74) is 0.872. The van der Waals surface area contributed by atoms with Crippen LogP contribution < -0.4 is 5.32 Å². The first-order chi connectivity index (χ1) is 13.7. The Morgan fingerprint density at radius 3 is 2.86 bits per heavy atom. The lowest BCUT2D eigenvalue weighted by molar-refractivity contribution is -0.126. The van der Waals surface area contributed by atoms with Gasteiger partial charge in [0.15, 0.2) is 5.82 Å². The van der Waals surface area contributed by atoms with Gasteiger partial charge in [0.1, 0.15) is 17.3 Å². The molecule has 0 fully saturated rings. The lowest BCUT2D eigenvalue weighted by Crippen LogP contribution is -2.38. The first-order valence-electron chi connectivity index (χ1n) is 9.71. The van der Waals surface area contributed by atoms with Crippen LogP contribution in [0.4, 0.5) is 0 Å². The minimum Gasteiger partial charge on any atom is -0.508 e. The minimum atomic E-state index is -0.145. The minimum absolute atomic E-state index is 0.0332. The summed E-state index contributed by atoms with van der Waals surface area (Å²) >= 11 is 0. The first kappa shape index (κ1) is 18.3. The second-order valence-electron chi connectivity index (χ2n) is 7.20. The van der Waals surface area contributed by atoms with Gasteiger partial charge in [-0.15, -0.1) is 10.2 Å². The van der Waals surface area contributed by atoms with E-state index in [9.17, 15) is 9.90 Å². The molecule has 1 aromatic carbocycles. The van der Waals surface area contributed by atoms with Crippen LogP contribution >= 0.6 is 0 Å². The third kappa shape index (κ3) is 3.65. The molecule has 1 aliphatic heterocycles. The summed E-state index contributed by atoms with van der Waals surface area (Å²) in [6, 6.07) is 10.5. The van der Waals surface area contributed by atoms with Gasteiger partial charge in [-0.3, -0.25) is 4.79 Å². The highest BCUT2D eigenvalue weighted by Crippen LogP contribution is 2.28. The van der Waals surface area contributed by atoms with Crippen LogP contribution in [-0.4, -0.2) is 25.8 Å². The standard InChI is InChI=1S/C21H24N4O3/c1-2-4-17(18-5-3-12-28-18)22-21(27)15-8-11-19-23-24-20(25(19)13-15)14-6-9-16(26)10-7-14/h3,5-7,9-10,12,15,17,26H,2,4,8,11,13H2,1H3,(H,22,27). The van der Waals surface area contributed by atoms with Gasteiger partial charge in [-0.25, -0.2) is 0 Å². The zero-order valence-electron chi connectivity index (χ0n) is 15.8. The third-order valence-corrected chi connectivity index (χ3v) is 5.22. The Kier molecular flexibility index (Phi) is 5.14. The monoisotopic (exact) mass is 380 g/mol. The van der Waals surface area contributed by atoms with Crippen molar-refractivity contribution in [2.45, 2.75) is 45.2 Å². The maximum absolute atomic E-state index is 13.0. The fourth-order valence-electron chi connectivity index (χ4n) is 3.72. The Morgan fingerprint density at radius 2 is 2.14 bits per heavy atom. The number of nitrogens with one attached hydrogen (secondary N) is 1. The van der Waals surface area contributed by atoms with Crippen molar-refractivity contribution in [2.24, 2.45) is 5.92 Å². The summed E-state index contributed by atoms with van der Waals surface area (Å²) in [5.74, 6) is 2.51. The van der Waals surface area contributed by atoms with Crippen molar-refractivity contribution >= 4 is 5.91 Å². The Labute approximate surface area is 163 Å². The average molecular weight is 380 g/mol. The molecule has 7 nitrogen and oxygen atoms in total. The topological polar surface area (TPSA) is 93.2 Å². The van der Waals surface area contributed by atoms with E-state index in [0.717, 1.165) is 42.2 Å². The summed E-state index contributed by atoms with van der Waals surface area (Å²) < 4.78 is 7.52. The van der Waals surface area contributed by atoms with E-state index in [1.54, 1.807) is 18.4 Å². The van der Waals surface area contributed by atoms with Crippen LogP contribution in [0.15, 0.2) is 47.1 Å². The molecule has 3 aromatic rings. The van der Waals surface area contributed by atoms with Gasteiger partial charge < -0.3 is 19.4 Å². The number of benzene rings is 1. The number of furan rings is 1. The quantitative estimate of drug-likeness (QED) is 0.683. The molecule has 2 N–H and O–H groups in total. The van der Waals surface area contributed by atoms with E-state index >= 15 is 0 Å². The summed E-state index contributed by atoms with van der Waals surface area (Å²) in [4.78, 5) is 13.0. The number of hydrogen-bond acceptors (Lipinski definition) is 5. The molecule has 3 heterocycles. The number of aromatic hydroxyl groups is 1. The fourth-order valence-corrected chi connectivity index (χ4v) is 3.72. The molecule has 0 aliphatic carbocycles. The molecule has 1 amide bonds. The van der Waals surface area contributed by atoms with Gasteiger partial charge in [0.25, 0.3) is 0 Å². The SMILES string of the molecule is CCCC(NC(=O)C1CCc2nnc(-c3ccc(O)cc3)n2C1)c1ccco1. The van der Waals surface area contributed by atoms with E-state index in [0.29, 0.717) is 13.0 Å². The molecule has 2 unspecified atom stereocenters. The molecule has 2 atom stereocenters. The second kappa shape index (κ2) is 7.88. The highest BCUT2D eigenvalue weighted by Gasteiger charge is 2.29. The zero-order valence-corrected chi connectivity index (χ0v) is 15.8. The van der Waals surface area contributed by atoms with Gasteiger partial charge in [-0.2, -0.15) is 0 Å². The predicted octanol–water partition coefficient (Wildman–Crippen LogP) is 3.46. The van der Waals surface area contributed by atoms with E-state index in [1.807, 2.05) is 28.8 Å². The highest BCUT2D eigenvalue weighted by molar-refractivity contribution is 5.79. The normalized spacial score (nSPS) is 17.1. The molecule has 0 saturated heterocycles. The molecular weight excluding hydrogens is 356 g/mol. The predicted molar refractivity (Wildman–Crippen MR) is 103 cm³/mol. The smallest absolute Gasteiger partial charge is 0.225 e. The van der Waals surface area contributed by atoms with Crippen molar-refractivity contribution in [2.75, 3.05) is 0 Å². The maximum Gasteiger partial charge on any atom is 0.225 e. The first-order valence-corrected chi connectivity index (χ1v) is 9.71. The molecule has 0 saturated carbocycles. The van der Waals surface area contributed by atoms with Crippen LogP contribution in [0.25, 0.3) is 11.4 Å². The number of phenolic OH excluding ortho intramolecular Hbond substituents is 1. The van der Waals surface area contributed by atoms with Gasteiger partial charge >= 0.3 is 0 Å². The Balaban J connectivity index is 1.51. The number of aryl methyl sites for hydroxylation is 1. The summed E-state index contributed by atoms with van der Waals surface area (Å²) in [5, 5.41) is 21.3. The van der Waals surface area contributed by atoms with Crippen molar-refractivity contribution in [1.82, 2.24) is 20.1 Å². The molecule has 0 spiro atoms. The number of phenols is 1. The molecule has 28 heavy (non-hydrogen) atoms. The van der Waals surface area contributed by atoms with Crippen LogP contribution in [-0.2, 0) is 17.8 Å². The van der Waals surface area contributed by atoms with Gasteiger partial charge in [-0.05, 0) is 49.2 Å². The number of fused-ring (bicyclic) bond motifs is 1. The van der Waals surface area contributed by atoms with Crippen molar-refractivity contribution in [3.63, 3.8) is 0 Å². The lowest BCUT2D eigenvalue weighted by atomic mass is 9.97. The van der Waals surface area contributed by atoms with Crippen molar-refractivity contribution < 1.29 is 14.3 Å². The van der Waals surface area contributed by atoms with Crippen molar-refractivity contribution in [3.05, 3.63) is 54.2 Å². The van der Waals surface area contributed by atoms with Crippen LogP contribution in [0.2, 0.25) is 0 Å². The largest absolute Gasteiger partial charge is 0.508 e. The Bertz CT molecular complexity index is 931. The Morgan fingerprint density at radius 1 is 1.32 bits per heavy atom. The Hall–Kier alpha value is -3.09. The van der Waals surface area contributed by atoms with E-state index in [1.165, 1.54) is 0 Å². The summed E-state index contributed by atoms with van der Waals surface area (Å²) in [6.45, 7) is 2.64. The molecule has 146 valence electrons. The zero-order chi connectivity index (χ0) is 19.5. The van der Waals surface area contributed by atoms with Gasteiger partial charge in [0, 0.05) is 18.5 Å². The number of carbonyl (C=O) groups excluding carboxylic acids is 1. The lowest BCUT2D eigenvalue weighted by Gasteiger charge is -2.26. The van der Waals surface area contributed by atoms with E-state index in [2.05, 4.69) is 22.4 Å². The molecule has 0 radical (unpaired) electrons. The van der Waals surface area contributed by atoms with E-state index < -0.39 is 0 Å². The number of carbonyl (C=O) groups is 1. The number of hydrogen-bond donors (Lipinski definition) is 2. The van der Waals surface area contributed by atoms with Crippen molar-refractivity contribution in [3.8, 4) is 17.1 Å². The van der Waals surface area contributed by atoms with Crippen LogP contribution in [0, 0.1) is 5.92 Å². The second-order valence-corrected chi connectivity index (χ2v) is 7.20. The number of amides is 1. The van der Waals surface area contributed by atoms with Gasteiger partial charge in [-0.1, -0.05) is 13.3 Å². The van der Waals surface area contributed by atoms with Gasteiger partial charge in [0.05, 0.1) is 18.2 Å². The summed E-state index contributed by atoms with van der Waals surface area (Å²) in [6.07, 6.45) is 4.89. The van der Waals surface area contributed by atoms with Crippen LogP contribution in [0.5, 0.6) is 5.75 Å². The fraction of sp³-hybridized carbons (Fsp3) is 0.381. The number of nitrogens with zero attached hydrogens (tertiary/aromatic N) is 3. The third-order valence-electron chi connectivity index (χ3n) is 5.22. The number of aromatic nitrogens is 3. The summed E-state index contributed by atoms with van der Waals surface area (Å²) in [7, 11) is 0. The molecule has 1 aliphatic rings. The maximum atomic E-state index is 13.0. The highest BCUT2D eigenvalue weighted by atomic mass is 16.3. The molecule has 2 aromatic heterocycles. The van der Waals surface area contributed by atoms with Crippen molar-refractivity contribution in [1.29, 1.82) is 0 Å². The van der Waals surface area contributed by atoms with E-state index in [4.69, 9.17) is 4.42 Å². The molecule has 4 rings (SSSR count). The molecule has 0 bridgehead atoms. The average Bonchev–Trinajstić information content (AvgIpc) is 3.38.